The summed E-state index contributed by atoms with van der Waals surface area (Å²) in [5.74, 6) is 0.0778. The molecule has 0 radical (unpaired) electrons. The number of nitrogens with zero attached hydrogens (tertiary/aromatic N) is 4. The first-order chi connectivity index (χ1) is 12.2. The Bertz CT molecular complexity index is 900. The lowest BCUT2D eigenvalue weighted by atomic mass is 10.2. The first kappa shape index (κ1) is 15.6. The van der Waals surface area contributed by atoms with E-state index in [0.29, 0.717) is 17.2 Å². The van der Waals surface area contributed by atoms with Crippen LogP contribution in [0.5, 0.6) is 0 Å². The minimum Gasteiger partial charge on any atom is -0.378 e. The molecule has 7 heteroatoms. The molecule has 3 aromatic rings. The molecule has 1 amide bonds. The number of hydrogen-bond acceptors (Lipinski definition) is 5. The summed E-state index contributed by atoms with van der Waals surface area (Å²) in [6.07, 6.45) is 1.96. The Morgan fingerprint density at radius 2 is 1.96 bits per heavy atom. The standard InChI is InChI=1S/C18H19N5O2/c1-13-11-16-19-18(20-17(24)14-5-3-2-4-6-14)21-23(16)12-15(13)22-7-9-25-10-8-22/h2-6,11-12H,7-10H2,1H3,(H,20,21,24). The van der Waals surface area contributed by atoms with Crippen LogP contribution in [-0.4, -0.2) is 46.8 Å². The molecule has 1 fully saturated rings. The fourth-order valence-electron chi connectivity index (χ4n) is 2.97. The third kappa shape index (κ3) is 3.18. The molecule has 1 aliphatic rings. The second kappa shape index (κ2) is 6.52. The zero-order valence-electron chi connectivity index (χ0n) is 14.0. The monoisotopic (exact) mass is 337 g/mol. The number of carbonyl (C=O) groups excluding carboxylic acids is 1. The van der Waals surface area contributed by atoms with E-state index in [-0.39, 0.29) is 5.91 Å². The number of nitrogens with one attached hydrogen (secondary N) is 1. The van der Waals surface area contributed by atoms with E-state index in [4.69, 9.17) is 4.74 Å². The van der Waals surface area contributed by atoms with Crippen molar-refractivity contribution in [1.82, 2.24) is 14.6 Å². The minimum absolute atomic E-state index is 0.221. The molecule has 1 N–H and O–H groups in total. The molecule has 7 nitrogen and oxygen atoms in total. The van der Waals surface area contributed by atoms with Crippen LogP contribution >= 0.6 is 0 Å². The van der Waals surface area contributed by atoms with Gasteiger partial charge in [-0.05, 0) is 30.7 Å². The summed E-state index contributed by atoms with van der Waals surface area (Å²) in [6, 6.07) is 11.0. The fourth-order valence-corrected chi connectivity index (χ4v) is 2.97. The number of benzene rings is 1. The molecular weight excluding hydrogens is 318 g/mol. The van der Waals surface area contributed by atoms with Gasteiger partial charge in [0.25, 0.3) is 5.91 Å². The zero-order chi connectivity index (χ0) is 17.2. The van der Waals surface area contributed by atoms with E-state index in [1.807, 2.05) is 30.5 Å². The molecule has 0 spiro atoms. The molecule has 25 heavy (non-hydrogen) atoms. The molecule has 3 heterocycles. The Labute approximate surface area is 145 Å². The number of morpholine rings is 1. The summed E-state index contributed by atoms with van der Waals surface area (Å²) in [4.78, 5) is 18.9. The van der Waals surface area contributed by atoms with Gasteiger partial charge in [0, 0.05) is 18.7 Å². The van der Waals surface area contributed by atoms with Gasteiger partial charge in [-0.1, -0.05) is 18.2 Å². The molecule has 2 aromatic heterocycles. The van der Waals surface area contributed by atoms with Gasteiger partial charge in [-0.15, -0.1) is 5.10 Å². The molecule has 0 unspecified atom stereocenters. The van der Waals surface area contributed by atoms with Gasteiger partial charge in [-0.3, -0.25) is 10.1 Å². The molecule has 1 aliphatic heterocycles. The van der Waals surface area contributed by atoms with E-state index < -0.39 is 0 Å². The highest BCUT2D eigenvalue weighted by atomic mass is 16.5. The summed E-state index contributed by atoms with van der Waals surface area (Å²) >= 11 is 0. The van der Waals surface area contributed by atoms with E-state index in [1.54, 1.807) is 16.6 Å². The molecule has 1 saturated heterocycles. The Hall–Kier alpha value is -2.93. The lowest BCUT2D eigenvalue weighted by Crippen LogP contribution is -2.36. The van der Waals surface area contributed by atoms with Crippen LogP contribution in [0.1, 0.15) is 15.9 Å². The van der Waals surface area contributed by atoms with Gasteiger partial charge in [0.1, 0.15) is 0 Å². The first-order valence-electron chi connectivity index (χ1n) is 8.27. The van der Waals surface area contributed by atoms with Gasteiger partial charge < -0.3 is 9.64 Å². The van der Waals surface area contributed by atoms with Crippen LogP contribution in [0.2, 0.25) is 0 Å². The van der Waals surface area contributed by atoms with Crippen molar-refractivity contribution in [2.45, 2.75) is 6.92 Å². The smallest absolute Gasteiger partial charge is 0.258 e. The number of anilines is 2. The second-order valence-corrected chi connectivity index (χ2v) is 6.00. The lowest BCUT2D eigenvalue weighted by Gasteiger charge is -2.29. The number of rotatable bonds is 3. The molecule has 0 aliphatic carbocycles. The van der Waals surface area contributed by atoms with Crippen molar-refractivity contribution in [2.75, 3.05) is 36.5 Å². The van der Waals surface area contributed by atoms with Crippen LogP contribution in [0.25, 0.3) is 5.65 Å². The summed E-state index contributed by atoms with van der Waals surface area (Å²) in [6.45, 7) is 5.24. The summed E-state index contributed by atoms with van der Waals surface area (Å²) in [7, 11) is 0. The Balaban J connectivity index is 1.60. The number of amides is 1. The van der Waals surface area contributed by atoms with E-state index >= 15 is 0 Å². The SMILES string of the molecule is Cc1cc2nc(NC(=O)c3ccccc3)nn2cc1N1CCOCC1. The highest BCUT2D eigenvalue weighted by Crippen LogP contribution is 2.22. The van der Waals surface area contributed by atoms with E-state index in [1.165, 1.54) is 0 Å². The number of pyridine rings is 1. The van der Waals surface area contributed by atoms with E-state index in [9.17, 15) is 4.79 Å². The topological polar surface area (TPSA) is 71.8 Å². The number of ether oxygens (including phenoxy) is 1. The van der Waals surface area contributed by atoms with Gasteiger partial charge in [0.2, 0.25) is 5.95 Å². The highest BCUT2D eigenvalue weighted by Gasteiger charge is 2.16. The largest absolute Gasteiger partial charge is 0.378 e. The third-order valence-corrected chi connectivity index (χ3v) is 4.26. The lowest BCUT2D eigenvalue weighted by molar-refractivity contribution is 0.102. The van der Waals surface area contributed by atoms with Crippen LogP contribution < -0.4 is 10.2 Å². The predicted octanol–water partition coefficient (Wildman–Crippen LogP) is 2.13. The number of fused-ring (bicyclic) bond motifs is 1. The van der Waals surface area contributed by atoms with Crippen molar-refractivity contribution in [2.24, 2.45) is 0 Å². The van der Waals surface area contributed by atoms with E-state index in [0.717, 1.165) is 37.6 Å². The molecule has 0 saturated carbocycles. The van der Waals surface area contributed by atoms with Gasteiger partial charge in [-0.25, -0.2) is 4.52 Å². The third-order valence-electron chi connectivity index (χ3n) is 4.26. The first-order valence-corrected chi connectivity index (χ1v) is 8.27. The maximum Gasteiger partial charge on any atom is 0.258 e. The average molecular weight is 337 g/mol. The molecule has 4 rings (SSSR count). The van der Waals surface area contributed by atoms with Crippen molar-refractivity contribution in [3.63, 3.8) is 0 Å². The van der Waals surface area contributed by atoms with Crippen LogP contribution in [0.4, 0.5) is 11.6 Å². The minimum atomic E-state index is -0.221. The molecule has 1 aromatic carbocycles. The van der Waals surface area contributed by atoms with Crippen molar-refractivity contribution in [3.8, 4) is 0 Å². The molecule has 128 valence electrons. The summed E-state index contributed by atoms with van der Waals surface area (Å²) < 4.78 is 7.12. The van der Waals surface area contributed by atoms with Gasteiger partial charge in [0.15, 0.2) is 5.65 Å². The van der Waals surface area contributed by atoms with Crippen LogP contribution in [0.15, 0.2) is 42.6 Å². The normalized spacial score (nSPS) is 14.7. The zero-order valence-corrected chi connectivity index (χ0v) is 14.0. The fraction of sp³-hybridized carbons (Fsp3) is 0.278. The summed E-state index contributed by atoms with van der Waals surface area (Å²) in [5, 5.41) is 7.14. The van der Waals surface area contributed by atoms with Gasteiger partial charge >= 0.3 is 0 Å². The van der Waals surface area contributed by atoms with Crippen molar-refractivity contribution in [3.05, 3.63) is 53.7 Å². The number of carbonyl (C=O) groups is 1. The number of aromatic nitrogens is 3. The molecule has 0 atom stereocenters. The second-order valence-electron chi connectivity index (χ2n) is 6.00. The maximum atomic E-state index is 12.2. The molecule has 0 bridgehead atoms. The van der Waals surface area contributed by atoms with Gasteiger partial charge in [-0.2, -0.15) is 4.98 Å². The molecular formula is C18H19N5O2. The van der Waals surface area contributed by atoms with E-state index in [2.05, 4.69) is 27.2 Å². The number of aryl methyl sites for hydroxylation is 1. The van der Waals surface area contributed by atoms with Crippen LogP contribution in [0.3, 0.4) is 0 Å². The van der Waals surface area contributed by atoms with Crippen LogP contribution in [0, 0.1) is 6.92 Å². The van der Waals surface area contributed by atoms with Crippen molar-refractivity contribution >= 4 is 23.2 Å². The van der Waals surface area contributed by atoms with Crippen molar-refractivity contribution < 1.29 is 9.53 Å². The van der Waals surface area contributed by atoms with Gasteiger partial charge in [0.05, 0.1) is 25.1 Å². The predicted molar refractivity (Wildman–Crippen MR) is 95.2 cm³/mol. The van der Waals surface area contributed by atoms with Crippen LogP contribution in [-0.2, 0) is 4.74 Å². The Morgan fingerprint density at radius 3 is 2.72 bits per heavy atom. The maximum absolute atomic E-state index is 12.2. The average Bonchev–Trinajstić information content (AvgIpc) is 3.03. The van der Waals surface area contributed by atoms with Crippen molar-refractivity contribution in [1.29, 1.82) is 0 Å². The number of hydrogen-bond donors (Lipinski definition) is 1. The quantitative estimate of drug-likeness (QED) is 0.793. The Kier molecular flexibility index (Phi) is 4.07. The summed E-state index contributed by atoms with van der Waals surface area (Å²) in [5.41, 5.74) is 3.52. The Morgan fingerprint density at radius 1 is 1.20 bits per heavy atom. The highest BCUT2D eigenvalue weighted by molar-refractivity contribution is 6.03.